The molecule has 2 aliphatic rings. The highest BCUT2D eigenvalue weighted by atomic mass is 16.7. The number of allylic oxidation sites excluding steroid dienone is 1. The molecule has 0 saturated carbocycles. The van der Waals surface area contributed by atoms with Crippen molar-refractivity contribution in [2.75, 3.05) is 6.79 Å². The van der Waals surface area contributed by atoms with Crippen molar-refractivity contribution in [3.63, 3.8) is 0 Å². The van der Waals surface area contributed by atoms with Crippen LogP contribution in [-0.4, -0.2) is 18.5 Å². The predicted octanol–water partition coefficient (Wildman–Crippen LogP) is 4.56. The number of carbonyl (C=O) groups is 2. The van der Waals surface area contributed by atoms with Crippen molar-refractivity contribution in [1.29, 1.82) is 0 Å². The largest absolute Gasteiger partial charge is 0.454 e. The summed E-state index contributed by atoms with van der Waals surface area (Å²) < 4.78 is 22.0. The Morgan fingerprint density at radius 2 is 1.80 bits per heavy atom. The normalized spacial score (nSPS) is 15.1. The summed E-state index contributed by atoms with van der Waals surface area (Å²) in [6, 6.07) is 17.3. The van der Waals surface area contributed by atoms with Crippen LogP contribution in [0.3, 0.4) is 0 Å². The van der Waals surface area contributed by atoms with Crippen molar-refractivity contribution >= 4 is 17.8 Å². The molecule has 0 aromatic heterocycles. The molecule has 30 heavy (non-hydrogen) atoms. The highest BCUT2D eigenvalue weighted by molar-refractivity contribution is 6.15. The third-order valence-corrected chi connectivity index (χ3v) is 4.94. The summed E-state index contributed by atoms with van der Waals surface area (Å²) in [7, 11) is 0. The van der Waals surface area contributed by atoms with Gasteiger partial charge in [-0.2, -0.15) is 0 Å². The van der Waals surface area contributed by atoms with Crippen LogP contribution in [0.15, 0.2) is 66.4 Å². The zero-order valence-corrected chi connectivity index (χ0v) is 16.0. The lowest BCUT2D eigenvalue weighted by Crippen LogP contribution is -2.09. The van der Waals surface area contributed by atoms with Gasteiger partial charge in [0.05, 0.1) is 11.1 Å². The third kappa shape index (κ3) is 3.08. The van der Waals surface area contributed by atoms with Crippen LogP contribution in [0.4, 0.5) is 0 Å². The molecule has 0 N–H and O–H groups in total. The summed E-state index contributed by atoms with van der Waals surface area (Å²) in [5.74, 6) is 1.52. The molecule has 2 heterocycles. The van der Waals surface area contributed by atoms with Crippen LogP contribution < -0.4 is 18.9 Å². The van der Waals surface area contributed by atoms with Gasteiger partial charge in [-0.1, -0.05) is 24.3 Å². The average molecular weight is 400 g/mol. The van der Waals surface area contributed by atoms with Crippen LogP contribution in [0.2, 0.25) is 0 Å². The Morgan fingerprint density at radius 1 is 1.00 bits per heavy atom. The lowest BCUT2D eigenvalue weighted by Gasteiger charge is -2.10. The van der Waals surface area contributed by atoms with Crippen LogP contribution in [0.1, 0.15) is 31.8 Å². The van der Waals surface area contributed by atoms with E-state index in [9.17, 15) is 9.59 Å². The number of hydrogen-bond donors (Lipinski definition) is 0. The molecule has 3 aromatic rings. The number of ether oxygens (including phenoxy) is 4. The fourth-order valence-electron chi connectivity index (χ4n) is 3.37. The van der Waals surface area contributed by atoms with Gasteiger partial charge in [-0.05, 0) is 55.0 Å². The van der Waals surface area contributed by atoms with E-state index in [4.69, 9.17) is 18.9 Å². The van der Waals surface area contributed by atoms with Crippen LogP contribution in [0.25, 0.3) is 6.08 Å². The second-order valence-electron chi connectivity index (χ2n) is 6.87. The summed E-state index contributed by atoms with van der Waals surface area (Å²) in [6.07, 6.45) is 1.65. The molecule has 0 amide bonds. The van der Waals surface area contributed by atoms with Crippen LogP contribution >= 0.6 is 0 Å². The maximum Gasteiger partial charge on any atom is 0.343 e. The van der Waals surface area contributed by atoms with Gasteiger partial charge in [-0.3, -0.25) is 4.79 Å². The topological polar surface area (TPSA) is 71.1 Å². The van der Waals surface area contributed by atoms with Crippen molar-refractivity contribution in [2.45, 2.75) is 6.92 Å². The minimum absolute atomic E-state index is 0.180. The van der Waals surface area contributed by atoms with Gasteiger partial charge >= 0.3 is 5.97 Å². The van der Waals surface area contributed by atoms with Gasteiger partial charge < -0.3 is 18.9 Å². The maximum atomic E-state index is 12.8. The highest BCUT2D eigenvalue weighted by Gasteiger charge is 2.30. The Hall–Kier alpha value is -4.06. The molecule has 0 spiro atoms. The van der Waals surface area contributed by atoms with Gasteiger partial charge in [0.25, 0.3) is 0 Å². The smallest absolute Gasteiger partial charge is 0.343 e. The Bertz CT molecular complexity index is 1210. The second-order valence-corrected chi connectivity index (χ2v) is 6.87. The number of ketones is 1. The van der Waals surface area contributed by atoms with Crippen LogP contribution in [-0.2, 0) is 0 Å². The number of Topliss-reactive ketones (excluding diaryl/α,β-unsaturated/α-hetero) is 1. The molecule has 5 rings (SSSR count). The van der Waals surface area contributed by atoms with Crippen LogP contribution in [0.5, 0.6) is 23.0 Å². The van der Waals surface area contributed by atoms with Crippen molar-refractivity contribution in [1.82, 2.24) is 0 Å². The van der Waals surface area contributed by atoms with Gasteiger partial charge in [0, 0.05) is 5.56 Å². The molecule has 0 radical (unpaired) electrons. The minimum atomic E-state index is -0.473. The Kier molecular flexibility index (Phi) is 4.25. The highest BCUT2D eigenvalue weighted by Crippen LogP contribution is 2.40. The first kappa shape index (κ1) is 18.0. The zero-order valence-electron chi connectivity index (χ0n) is 16.0. The van der Waals surface area contributed by atoms with Gasteiger partial charge in [0.15, 0.2) is 17.3 Å². The van der Waals surface area contributed by atoms with Crippen molar-refractivity contribution in [3.05, 3.63) is 88.7 Å². The molecular weight excluding hydrogens is 384 g/mol. The first-order valence-corrected chi connectivity index (χ1v) is 9.35. The maximum absolute atomic E-state index is 12.8. The molecule has 6 nitrogen and oxygen atoms in total. The fraction of sp³-hybridized carbons (Fsp3) is 0.0833. The monoisotopic (exact) mass is 400 g/mol. The summed E-state index contributed by atoms with van der Waals surface area (Å²) in [6.45, 7) is 1.93. The number of benzene rings is 3. The summed E-state index contributed by atoms with van der Waals surface area (Å²) in [4.78, 5) is 25.2. The molecule has 0 aliphatic carbocycles. The van der Waals surface area contributed by atoms with E-state index in [0.717, 1.165) is 5.56 Å². The number of esters is 1. The molecule has 0 bridgehead atoms. The van der Waals surface area contributed by atoms with Gasteiger partial charge in [-0.25, -0.2) is 4.79 Å². The summed E-state index contributed by atoms with van der Waals surface area (Å²) >= 11 is 0. The van der Waals surface area contributed by atoms with E-state index in [2.05, 4.69) is 0 Å². The van der Waals surface area contributed by atoms with E-state index >= 15 is 0 Å². The van der Waals surface area contributed by atoms with Gasteiger partial charge in [0.2, 0.25) is 12.6 Å². The molecule has 2 aliphatic heterocycles. The molecule has 0 atom stereocenters. The third-order valence-electron chi connectivity index (χ3n) is 4.94. The zero-order chi connectivity index (χ0) is 20.7. The van der Waals surface area contributed by atoms with Gasteiger partial charge in [0.1, 0.15) is 11.5 Å². The molecule has 0 fully saturated rings. The Morgan fingerprint density at radius 3 is 2.63 bits per heavy atom. The van der Waals surface area contributed by atoms with Crippen molar-refractivity contribution < 1.29 is 28.5 Å². The SMILES string of the molecule is Cc1c(OC(=O)c2ccccc2)ccc2c1O/C(=C\c1ccc3c(c1)OCO3)C2=O. The molecule has 0 saturated heterocycles. The van der Waals surface area contributed by atoms with E-state index in [1.807, 2.05) is 12.1 Å². The average Bonchev–Trinajstić information content (AvgIpc) is 3.35. The second kappa shape index (κ2) is 7.08. The molecule has 0 unspecified atom stereocenters. The Balaban J connectivity index is 1.42. The number of rotatable bonds is 3. The van der Waals surface area contributed by atoms with E-state index in [1.165, 1.54) is 0 Å². The minimum Gasteiger partial charge on any atom is -0.454 e. The fourth-order valence-corrected chi connectivity index (χ4v) is 3.37. The van der Waals surface area contributed by atoms with Crippen molar-refractivity contribution in [3.8, 4) is 23.0 Å². The molecule has 148 valence electrons. The Labute approximate surface area is 172 Å². The molecule has 3 aromatic carbocycles. The number of fused-ring (bicyclic) bond motifs is 2. The van der Waals surface area contributed by atoms with E-state index in [0.29, 0.717) is 39.7 Å². The van der Waals surface area contributed by atoms with Crippen LogP contribution in [0, 0.1) is 6.92 Å². The number of hydrogen-bond acceptors (Lipinski definition) is 6. The lowest BCUT2D eigenvalue weighted by atomic mass is 10.1. The first-order valence-electron chi connectivity index (χ1n) is 9.35. The van der Waals surface area contributed by atoms with E-state index in [1.54, 1.807) is 61.5 Å². The molecule has 6 heteroatoms. The van der Waals surface area contributed by atoms with E-state index < -0.39 is 5.97 Å². The summed E-state index contributed by atoms with van der Waals surface area (Å²) in [5, 5.41) is 0. The standard InChI is InChI=1S/C24H16O6/c1-14-18(30-24(26)16-5-3-2-4-6-16)10-8-17-22(25)21(29-23(14)17)12-15-7-9-19-20(11-15)28-13-27-19/h2-12H,13H2,1H3/b21-12-. The lowest BCUT2D eigenvalue weighted by molar-refractivity contribution is 0.0733. The van der Waals surface area contributed by atoms with Crippen molar-refractivity contribution in [2.24, 2.45) is 0 Å². The predicted molar refractivity (Wildman–Crippen MR) is 108 cm³/mol. The first-order chi connectivity index (χ1) is 14.6. The van der Waals surface area contributed by atoms with Gasteiger partial charge in [-0.15, -0.1) is 0 Å². The summed E-state index contributed by atoms with van der Waals surface area (Å²) in [5.41, 5.74) is 2.21. The molecular formula is C24H16O6. The van der Waals surface area contributed by atoms with E-state index in [-0.39, 0.29) is 18.3 Å². The quantitative estimate of drug-likeness (QED) is 0.365. The number of carbonyl (C=O) groups excluding carboxylic acids is 2.